The summed E-state index contributed by atoms with van der Waals surface area (Å²) in [6.07, 6.45) is 0.154. The van der Waals surface area contributed by atoms with E-state index in [2.05, 4.69) is 0 Å². The molecule has 1 aromatic carbocycles. The zero-order valence-electron chi connectivity index (χ0n) is 13.3. The number of hydrogen-bond donors (Lipinski definition) is 1. The van der Waals surface area contributed by atoms with Gasteiger partial charge in [0.2, 0.25) is 5.91 Å². The van der Waals surface area contributed by atoms with Crippen molar-refractivity contribution in [1.29, 1.82) is 0 Å². The fourth-order valence-electron chi connectivity index (χ4n) is 3.84. The summed E-state index contributed by atoms with van der Waals surface area (Å²) in [5, 5.41) is 9.06. The fourth-order valence-corrected chi connectivity index (χ4v) is 3.84. The smallest absolute Gasteiger partial charge is 0.261 e. The van der Waals surface area contributed by atoms with Gasteiger partial charge in [0.1, 0.15) is 0 Å². The van der Waals surface area contributed by atoms with Gasteiger partial charge in [-0.25, -0.2) is 8.78 Å². The van der Waals surface area contributed by atoms with E-state index in [9.17, 15) is 13.6 Å². The Hall–Kier alpha value is -1.53. The second-order valence-corrected chi connectivity index (χ2v) is 6.91. The van der Waals surface area contributed by atoms with Gasteiger partial charge in [-0.05, 0) is 17.5 Å². The van der Waals surface area contributed by atoms with Gasteiger partial charge in [0, 0.05) is 33.1 Å². The molecule has 0 aromatic heterocycles. The Morgan fingerprint density at radius 2 is 1.83 bits per heavy atom. The predicted octanol–water partition coefficient (Wildman–Crippen LogP) is 1.87. The number of likely N-dealkylation sites (tertiary alicyclic amines) is 2. The summed E-state index contributed by atoms with van der Waals surface area (Å²) in [7, 11) is 1.68. The first-order chi connectivity index (χ1) is 10.8. The van der Waals surface area contributed by atoms with Crippen molar-refractivity contribution in [2.24, 2.45) is 5.41 Å². The Morgan fingerprint density at radius 1 is 1.17 bits per heavy atom. The van der Waals surface area contributed by atoms with E-state index >= 15 is 0 Å². The highest BCUT2D eigenvalue weighted by molar-refractivity contribution is 5.85. The lowest BCUT2D eigenvalue weighted by atomic mass is 9.77. The summed E-state index contributed by atoms with van der Waals surface area (Å²) in [6.45, 7) is 0.973. The Bertz CT molecular complexity index is 591. The molecule has 1 aromatic rings. The molecular weight excluding hydrogens is 302 g/mol. The maximum absolute atomic E-state index is 14.2. The molecule has 6 heteroatoms. The number of piperidine rings is 1. The van der Waals surface area contributed by atoms with Gasteiger partial charge >= 0.3 is 0 Å². The third-order valence-electron chi connectivity index (χ3n) is 4.92. The summed E-state index contributed by atoms with van der Waals surface area (Å²) < 4.78 is 28.5. The van der Waals surface area contributed by atoms with Crippen LogP contribution in [0.1, 0.15) is 24.0 Å². The summed E-state index contributed by atoms with van der Waals surface area (Å²) in [4.78, 5) is 15.6. The number of carbonyl (C=O) groups is 1. The molecule has 0 radical (unpaired) electrons. The number of amides is 1. The van der Waals surface area contributed by atoms with Crippen molar-refractivity contribution in [3.05, 3.63) is 35.4 Å². The molecule has 0 saturated carbocycles. The third-order valence-corrected chi connectivity index (χ3v) is 4.92. The van der Waals surface area contributed by atoms with E-state index in [1.54, 1.807) is 29.0 Å². The number of nitrogens with zero attached hydrogens (tertiary/aromatic N) is 2. The molecule has 2 aliphatic rings. The van der Waals surface area contributed by atoms with Gasteiger partial charge in [0.05, 0.1) is 18.6 Å². The summed E-state index contributed by atoms with van der Waals surface area (Å²) in [5.41, 5.74) is 0.761. The SMILES string of the molecule is CN1CC[C@@]2(CN(Cc3ccc(CO)cc3)CC(F)(F)C2)C1=O. The van der Waals surface area contributed by atoms with Crippen LogP contribution in [0.3, 0.4) is 0 Å². The van der Waals surface area contributed by atoms with E-state index in [-0.39, 0.29) is 25.5 Å². The minimum Gasteiger partial charge on any atom is -0.392 e. The number of hydrogen-bond acceptors (Lipinski definition) is 3. The molecule has 23 heavy (non-hydrogen) atoms. The minimum atomic E-state index is -2.84. The topological polar surface area (TPSA) is 43.8 Å². The van der Waals surface area contributed by atoms with Gasteiger partial charge in [0.15, 0.2) is 0 Å². The molecule has 2 heterocycles. The second-order valence-electron chi connectivity index (χ2n) is 6.91. The fraction of sp³-hybridized carbons (Fsp3) is 0.588. The Balaban J connectivity index is 1.77. The number of aliphatic hydroxyl groups is 1. The van der Waals surface area contributed by atoms with Crippen molar-refractivity contribution in [2.45, 2.75) is 31.9 Å². The lowest BCUT2D eigenvalue weighted by molar-refractivity contribution is -0.154. The summed E-state index contributed by atoms with van der Waals surface area (Å²) in [6, 6.07) is 7.27. The molecule has 1 N–H and O–H groups in total. The van der Waals surface area contributed by atoms with Gasteiger partial charge in [-0.1, -0.05) is 24.3 Å². The van der Waals surface area contributed by atoms with Gasteiger partial charge in [0.25, 0.3) is 5.92 Å². The van der Waals surface area contributed by atoms with Crippen molar-refractivity contribution in [3.8, 4) is 0 Å². The van der Waals surface area contributed by atoms with Gasteiger partial charge in [-0.3, -0.25) is 9.69 Å². The highest BCUT2D eigenvalue weighted by atomic mass is 19.3. The van der Waals surface area contributed by atoms with Crippen molar-refractivity contribution >= 4 is 5.91 Å². The maximum Gasteiger partial charge on any atom is 0.261 e. The van der Waals surface area contributed by atoms with Crippen molar-refractivity contribution in [3.63, 3.8) is 0 Å². The van der Waals surface area contributed by atoms with Crippen LogP contribution < -0.4 is 0 Å². The van der Waals surface area contributed by atoms with E-state index in [1.165, 1.54) is 0 Å². The Labute approximate surface area is 134 Å². The van der Waals surface area contributed by atoms with Crippen molar-refractivity contribution in [1.82, 2.24) is 9.80 Å². The second kappa shape index (κ2) is 5.83. The van der Waals surface area contributed by atoms with Crippen LogP contribution in [0, 0.1) is 5.41 Å². The highest BCUT2D eigenvalue weighted by Crippen LogP contribution is 2.45. The zero-order valence-corrected chi connectivity index (χ0v) is 13.3. The number of alkyl halides is 2. The molecular formula is C17H22F2N2O2. The molecule has 4 nitrogen and oxygen atoms in total. The molecule has 1 spiro atoms. The first kappa shape index (κ1) is 16.3. The lowest BCUT2D eigenvalue weighted by Crippen LogP contribution is -2.55. The van der Waals surface area contributed by atoms with E-state index in [1.807, 2.05) is 12.1 Å². The molecule has 126 valence electrons. The average molecular weight is 324 g/mol. The van der Waals surface area contributed by atoms with E-state index in [4.69, 9.17) is 5.11 Å². The largest absolute Gasteiger partial charge is 0.392 e. The van der Waals surface area contributed by atoms with Crippen LogP contribution in [0.4, 0.5) is 8.78 Å². The molecule has 0 bridgehead atoms. The van der Waals surface area contributed by atoms with Crippen LogP contribution in [-0.4, -0.2) is 53.4 Å². The van der Waals surface area contributed by atoms with Gasteiger partial charge < -0.3 is 10.0 Å². The molecule has 3 rings (SSSR count). The van der Waals surface area contributed by atoms with E-state index in [0.717, 1.165) is 11.1 Å². The Morgan fingerprint density at radius 3 is 2.39 bits per heavy atom. The molecule has 0 unspecified atom stereocenters. The molecule has 2 aliphatic heterocycles. The molecule has 2 fully saturated rings. The van der Waals surface area contributed by atoms with Crippen LogP contribution >= 0.6 is 0 Å². The zero-order chi connectivity index (χ0) is 16.7. The first-order valence-electron chi connectivity index (χ1n) is 7.88. The quantitative estimate of drug-likeness (QED) is 0.923. The van der Waals surface area contributed by atoms with Crippen LogP contribution in [0.25, 0.3) is 0 Å². The van der Waals surface area contributed by atoms with Crippen LogP contribution in [-0.2, 0) is 17.9 Å². The molecule has 1 amide bonds. The molecule has 1 atom stereocenters. The van der Waals surface area contributed by atoms with Crippen LogP contribution in [0.5, 0.6) is 0 Å². The Kier molecular flexibility index (Phi) is 4.14. The standard InChI is InChI=1S/C17H22F2N2O2/c1-20-7-6-16(15(20)23)10-17(18,19)12-21(11-16)8-13-2-4-14(9-22)5-3-13/h2-5,22H,6-12H2,1H3/t16-/m1/s1. The normalized spacial score (nSPS) is 27.8. The predicted molar refractivity (Wildman–Crippen MR) is 81.9 cm³/mol. The molecule has 2 saturated heterocycles. The first-order valence-corrected chi connectivity index (χ1v) is 7.88. The maximum atomic E-state index is 14.2. The third kappa shape index (κ3) is 3.23. The minimum absolute atomic E-state index is 0.0357. The van der Waals surface area contributed by atoms with Crippen molar-refractivity contribution < 1.29 is 18.7 Å². The van der Waals surface area contributed by atoms with Gasteiger partial charge in [-0.15, -0.1) is 0 Å². The van der Waals surface area contributed by atoms with Crippen LogP contribution in [0.15, 0.2) is 24.3 Å². The number of benzene rings is 1. The number of aliphatic hydroxyl groups excluding tert-OH is 1. The van der Waals surface area contributed by atoms with Gasteiger partial charge in [-0.2, -0.15) is 0 Å². The summed E-state index contributed by atoms with van der Waals surface area (Å²) >= 11 is 0. The monoisotopic (exact) mass is 324 g/mol. The lowest BCUT2D eigenvalue weighted by Gasteiger charge is -2.42. The van der Waals surface area contributed by atoms with E-state index in [0.29, 0.717) is 26.1 Å². The van der Waals surface area contributed by atoms with E-state index < -0.39 is 11.3 Å². The van der Waals surface area contributed by atoms with Crippen molar-refractivity contribution in [2.75, 3.05) is 26.7 Å². The average Bonchev–Trinajstić information content (AvgIpc) is 2.75. The molecule has 0 aliphatic carbocycles. The van der Waals surface area contributed by atoms with Crippen LogP contribution in [0.2, 0.25) is 0 Å². The summed E-state index contributed by atoms with van der Waals surface area (Å²) in [5.74, 6) is -3.00. The number of halogens is 2. The number of carbonyl (C=O) groups excluding carboxylic acids is 1. The highest BCUT2D eigenvalue weighted by Gasteiger charge is 2.56. The number of rotatable bonds is 3.